The number of hydrogen-bond donors (Lipinski definition) is 0. The number of esters is 1. The van der Waals surface area contributed by atoms with E-state index in [0.717, 1.165) is 0 Å². The standard InChI is InChI=1S/C18H18F2O3/c1-3-12-8-9-13(10-16(12)20)22-11-14-15(19)6-5-7-17(14)23-18(21)4-2/h5-10H,3-4,11H2,1-2H3. The smallest absolute Gasteiger partial charge is 0.310 e. The lowest BCUT2D eigenvalue weighted by atomic mass is 10.1. The fourth-order valence-electron chi connectivity index (χ4n) is 2.03. The third-order valence-corrected chi connectivity index (χ3v) is 3.38. The number of halogens is 2. The quantitative estimate of drug-likeness (QED) is 0.584. The van der Waals surface area contributed by atoms with Crippen molar-refractivity contribution in [1.82, 2.24) is 0 Å². The van der Waals surface area contributed by atoms with Crippen LogP contribution in [0.2, 0.25) is 0 Å². The first-order valence-electron chi connectivity index (χ1n) is 7.44. The maximum absolute atomic E-state index is 14.0. The van der Waals surface area contributed by atoms with Crippen LogP contribution < -0.4 is 9.47 Å². The Balaban J connectivity index is 2.16. The van der Waals surface area contributed by atoms with Crippen LogP contribution >= 0.6 is 0 Å². The number of hydrogen-bond acceptors (Lipinski definition) is 3. The van der Waals surface area contributed by atoms with Gasteiger partial charge in [-0.2, -0.15) is 0 Å². The molecule has 3 nitrogen and oxygen atoms in total. The van der Waals surface area contributed by atoms with Crippen LogP contribution in [0.1, 0.15) is 31.4 Å². The normalized spacial score (nSPS) is 10.4. The first-order chi connectivity index (χ1) is 11.0. The van der Waals surface area contributed by atoms with Gasteiger partial charge in [0.05, 0.1) is 5.56 Å². The zero-order chi connectivity index (χ0) is 16.8. The minimum atomic E-state index is -0.544. The number of aryl methyl sites for hydroxylation is 1. The average molecular weight is 320 g/mol. The van der Waals surface area contributed by atoms with Gasteiger partial charge in [0.1, 0.15) is 29.7 Å². The summed E-state index contributed by atoms with van der Waals surface area (Å²) < 4.78 is 38.2. The molecule has 0 unspecified atom stereocenters. The second-order valence-electron chi connectivity index (χ2n) is 4.94. The Morgan fingerprint density at radius 1 is 1.09 bits per heavy atom. The van der Waals surface area contributed by atoms with E-state index in [-0.39, 0.29) is 35.9 Å². The molecule has 0 radical (unpaired) electrons. The molecule has 122 valence electrons. The van der Waals surface area contributed by atoms with E-state index in [1.54, 1.807) is 19.1 Å². The van der Waals surface area contributed by atoms with Crippen molar-refractivity contribution in [2.45, 2.75) is 33.3 Å². The number of carbonyl (C=O) groups excluding carboxylic acids is 1. The summed E-state index contributed by atoms with van der Waals surface area (Å²) in [6.45, 7) is 3.34. The lowest BCUT2D eigenvalue weighted by Crippen LogP contribution is -2.10. The summed E-state index contributed by atoms with van der Waals surface area (Å²) in [6, 6.07) is 8.72. The zero-order valence-electron chi connectivity index (χ0n) is 13.1. The van der Waals surface area contributed by atoms with Crippen molar-refractivity contribution in [2.24, 2.45) is 0 Å². The topological polar surface area (TPSA) is 35.5 Å². The van der Waals surface area contributed by atoms with E-state index >= 15 is 0 Å². The first kappa shape index (κ1) is 16.9. The van der Waals surface area contributed by atoms with Gasteiger partial charge in [-0.05, 0) is 30.2 Å². The van der Waals surface area contributed by atoms with Crippen LogP contribution in [0.15, 0.2) is 36.4 Å². The minimum absolute atomic E-state index is 0.113. The molecule has 5 heteroatoms. The summed E-state index contributed by atoms with van der Waals surface area (Å²) in [5.41, 5.74) is 0.704. The van der Waals surface area contributed by atoms with Crippen LogP contribution in [-0.2, 0) is 17.8 Å². The second kappa shape index (κ2) is 7.72. The number of carbonyl (C=O) groups is 1. The maximum atomic E-state index is 14.0. The zero-order valence-corrected chi connectivity index (χ0v) is 13.1. The molecule has 0 bridgehead atoms. The van der Waals surface area contributed by atoms with Crippen LogP contribution in [0.3, 0.4) is 0 Å². The van der Waals surface area contributed by atoms with Gasteiger partial charge in [0, 0.05) is 12.5 Å². The Hall–Kier alpha value is -2.43. The average Bonchev–Trinajstić information content (AvgIpc) is 2.54. The third kappa shape index (κ3) is 4.28. The van der Waals surface area contributed by atoms with Crippen LogP contribution in [0.4, 0.5) is 8.78 Å². The molecular weight excluding hydrogens is 302 g/mol. The van der Waals surface area contributed by atoms with E-state index in [2.05, 4.69) is 0 Å². The summed E-state index contributed by atoms with van der Waals surface area (Å²) in [6.07, 6.45) is 0.761. The van der Waals surface area contributed by atoms with E-state index < -0.39 is 11.8 Å². The van der Waals surface area contributed by atoms with Crippen molar-refractivity contribution in [3.63, 3.8) is 0 Å². The summed E-state index contributed by atoms with van der Waals surface area (Å²) in [7, 11) is 0. The van der Waals surface area contributed by atoms with Crippen molar-refractivity contribution < 1.29 is 23.0 Å². The molecule has 0 aliphatic heterocycles. The van der Waals surface area contributed by atoms with Crippen LogP contribution in [0, 0.1) is 11.6 Å². The highest BCUT2D eigenvalue weighted by Gasteiger charge is 2.13. The fourth-order valence-corrected chi connectivity index (χ4v) is 2.03. The van der Waals surface area contributed by atoms with Gasteiger partial charge in [-0.25, -0.2) is 8.78 Å². The Labute approximate surface area is 133 Å². The minimum Gasteiger partial charge on any atom is -0.489 e. The molecule has 0 atom stereocenters. The van der Waals surface area contributed by atoms with Gasteiger partial charge in [0.15, 0.2) is 0 Å². The van der Waals surface area contributed by atoms with E-state index in [1.165, 1.54) is 24.3 Å². The molecule has 0 aromatic heterocycles. The Morgan fingerprint density at radius 2 is 1.87 bits per heavy atom. The van der Waals surface area contributed by atoms with Gasteiger partial charge in [0.2, 0.25) is 0 Å². The molecule has 2 aromatic rings. The Morgan fingerprint density at radius 3 is 2.52 bits per heavy atom. The van der Waals surface area contributed by atoms with Crippen LogP contribution in [0.25, 0.3) is 0 Å². The fraction of sp³-hybridized carbons (Fsp3) is 0.278. The Kier molecular flexibility index (Phi) is 5.68. The maximum Gasteiger partial charge on any atom is 0.310 e. The monoisotopic (exact) mass is 320 g/mol. The summed E-state index contributed by atoms with van der Waals surface area (Å²) in [4.78, 5) is 11.4. The molecule has 0 amide bonds. The van der Waals surface area contributed by atoms with Crippen LogP contribution in [0.5, 0.6) is 11.5 Å². The van der Waals surface area contributed by atoms with Gasteiger partial charge in [-0.3, -0.25) is 4.79 Å². The SMILES string of the molecule is CCC(=O)Oc1cccc(F)c1COc1ccc(CC)c(F)c1. The van der Waals surface area contributed by atoms with Gasteiger partial charge >= 0.3 is 5.97 Å². The molecule has 23 heavy (non-hydrogen) atoms. The summed E-state index contributed by atoms with van der Waals surface area (Å²) in [5, 5.41) is 0. The summed E-state index contributed by atoms with van der Waals surface area (Å²) in [5.74, 6) is -0.971. The lowest BCUT2D eigenvalue weighted by molar-refractivity contribution is -0.134. The molecule has 0 aliphatic rings. The lowest BCUT2D eigenvalue weighted by Gasteiger charge is -2.12. The second-order valence-corrected chi connectivity index (χ2v) is 4.94. The number of rotatable bonds is 6. The molecule has 0 spiro atoms. The molecule has 2 rings (SSSR count). The van der Waals surface area contributed by atoms with Crippen molar-refractivity contribution >= 4 is 5.97 Å². The highest BCUT2D eigenvalue weighted by molar-refractivity contribution is 5.72. The molecule has 0 N–H and O–H groups in total. The van der Waals surface area contributed by atoms with Gasteiger partial charge in [-0.15, -0.1) is 0 Å². The molecule has 2 aromatic carbocycles. The molecule has 0 heterocycles. The molecule has 0 saturated carbocycles. The number of ether oxygens (including phenoxy) is 2. The predicted octanol–water partition coefficient (Wildman–Crippen LogP) is 4.42. The molecule has 0 saturated heterocycles. The third-order valence-electron chi connectivity index (χ3n) is 3.38. The van der Waals surface area contributed by atoms with E-state index in [9.17, 15) is 13.6 Å². The highest BCUT2D eigenvalue weighted by Crippen LogP contribution is 2.25. The molecular formula is C18H18F2O3. The highest BCUT2D eigenvalue weighted by atomic mass is 19.1. The van der Waals surface area contributed by atoms with Crippen molar-refractivity contribution in [3.8, 4) is 11.5 Å². The predicted molar refractivity (Wildman–Crippen MR) is 82.4 cm³/mol. The summed E-state index contributed by atoms with van der Waals surface area (Å²) >= 11 is 0. The van der Waals surface area contributed by atoms with Crippen molar-refractivity contribution in [1.29, 1.82) is 0 Å². The van der Waals surface area contributed by atoms with Crippen molar-refractivity contribution in [3.05, 3.63) is 59.2 Å². The van der Waals surface area contributed by atoms with E-state index in [1.807, 2.05) is 6.92 Å². The van der Waals surface area contributed by atoms with Gasteiger partial charge in [0.25, 0.3) is 0 Å². The van der Waals surface area contributed by atoms with Gasteiger partial charge in [-0.1, -0.05) is 26.0 Å². The molecule has 0 aliphatic carbocycles. The number of benzene rings is 2. The van der Waals surface area contributed by atoms with E-state index in [4.69, 9.17) is 9.47 Å². The van der Waals surface area contributed by atoms with Crippen molar-refractivity contribution in [2.75, 3.05) is 0 Å². The molecule has 0 fully saturated rings. The van der Waals surface area contributed by atoms with Gasteiger partial charge < -0.3 is 9.47 Å². The largest absolute Gasteiger partial charge is 0.489 e. The first-order valence-corrected chi connectivity index (χ1v) is 7.44. The van der Waals surface area contributed by atoms with E-state index in [0.29, 0.717) is 12.0 Å². The van der Waals surface area contributed by atoms with Crippen LogP contribution in [-0.4, -0.2) is 5.97 Å². The Bertz CT molecular complexity index is 699.